The predicted octanol–water partition coefficient (Wildman–Crippen LogP) is 3.67. The van der Waals surface area contributed by atoms with Gasteiger partial charge in [-0.25, -0.2) is 4.79 Å². The number of rotatable bonds is 4. The normalized spacial score (nSPS) is 19.2. The lowest BCUT2D eigenvalue weighted by molar-refractivity contribution is -0.131. The van der Waals surface area contributed by atoms with Crippen molar-refractivity contribution in [3.8, 4) is 11.4 Å². The van der Waals surface area contributed by atoms with Crippen LogP contribution in [0.5, 0.6) is 0 Å². The molecule has 1 saturated heterocycles. The number of hydrogen-bond donors (Lipinski definition) is 1. The molecular weight excluding hydrogens is 380 g/mol. The van der Waals surface area contributed by atoms with Gasteiger partial charge in [0.15, 0.2) is 0 Å². The molecule has 142 valence electrons. The van der Waals surface area contributed by atoms with Crippen LogP contribution in [0.1, 0.15) is 23.9 Å². The van der Waals surface area contributed by atoms with E-state index in [0.29, 0.717) is 16.4 Å². The molecule has 1 aliphatic heterocycles. The number of urea groups is 1. The lowest BCUT2D eigenvalue weighted by Crippen LogP contribution is -2.41. The van der Waals surface area contributed by atoms with Crippen LogP contribution in [0.3, 0.4) is 0 Å². The minimum absolute atomic E-state index is 0.121. The molecule has 28 heavy (non-hydrogen) atoms. The van der Waals surface area contributed by atoms with E-state index in [1.54, 1.807) is 31.2 Å². The number of imide groups is 1. The summed E-state index contributed by atoms with van der Waals surface area (Å²) >= 11 is 6.24. The van der Waals surface area contributed by atoms with Crippen molar-refractivity contribution in [2.75, 3.05) is 0 Å². The first-order valence-corrected chi connectivity index (χ1v) is 9.05. The zero-order valence-electron chi connectivity index (χ0n) is 15.3. The van der Waals surface area contributed by atoms with Gasteiger partial charge >= 0.3 is 6.03 Å². The third kappa shape index (κ3) is 2.93. The first-order valence-electron chi connectivity index (χ1n) is 8.68. The number of carbonyl (C=O) groups excluding carboxylic acids is 2. The van der Waals surface area contributed by atoms with Gasteiger partial charge in [0.25, 0.3) is 5.91 Å². The van der Waals surface area contributed by atoms with E-state index in [1.807, 2.05) is 31.2 Å². The fourth-order valence-electron chi connectivity index (χ4n) is 3.28. The van der Waals surface area contributed by atoms with Crippen molar-refractivity contribution < 1.29 is 14.1 Å². The Kier molecular flexibility index (Phi) is 4.39. The highest BCUT2D eigenvalue weighted by molar-refractivity contribution is 6.32. The maximum atomic E-state index is 13.0. The SMILES string of the molecule is Cc1ccccc1-c1noc(CN2C(=O)N[C@@](C)(c3ccccc3Cl)C2=O)n1. The molecule has 1 N–H and O–H groups in total. The number of carbonyl (C=O) groups is 2. The van der Waals surface area contributed by atoms with E-state index in [4.69, 9.17) is 16.1 Å². The Labute approximate surface area is 166 Å². The molecule has 2 heterocycles. The average Bonchev–Trinajstić information content (AvgIpc) is 3.22. The van der Waals surface area contributed by atoms with Gasteiger partial charge in [0.1, 0.15) is 12.1 Å². The van der Waals surface area contributed by atoms with Crippen molar-refractivity contribution in [3.05, 3.63) is 70.6 Å². The number of halogens is 1. The van der Waals surface area contributed by atoms with Gasteiger partial charge < -0.3 is 9.84 Å². The number of aromatic nitrogens is 2. The quantitative estimate of drug-likeness (QED) is 0.680. The molecule has 7 nitrogen and oxygen atoms in total. The summed E-state index contributed by atoms with van der Waals surface area (Å²) in [6.07, 6.45) is 0. The van der Waals surface area contributed by atoms with Crippen LogP contribution < -0.4 is 5.32 Å². The fourth-order valence-corrected chi connectivity index (χ4v) is 3.60. The van der Waals surface area contributed by atoms with Crippen LogP contribution in [0.2, 0.25) is 5.02 Å². The average molecular weight is 397 g/mol. The summed E-state index contributed by atoms with van der Waals surface area (Å²) < 4.78 is 5.27. The minimum Gasteiger partial charge on any atom is -0.337 e. The number of benzene rings is 2. The van der Waals surface area contributed by atoms with Crippen LogP contribution in [0.15, 0.2) is 53.1 Å². The summed E-state index contributed by atoms with van der Waals surface area (Å²) in [4.78, 5) is 30.9. The zero-order chi connectivity index (χ0) is 19.9. The van der Waals surface area contributed by atoms with Gasteiger partial charge in [-0.05, 0) is 25.5 Å². The molecule has 1 aromatic heterocycles. The van der Waals surface area contributed by atoms with Crippen LogP contribution in [-0.4, -0.2) is 27.0 Å². The van der Waals surface area contributed by atoms with E-state index in [-0.39, 0.29) is 12.4 Å². The van der Waals surface area contributed by atoms with Crippen LogP contribution in [0, 0.1) is 6.92 Å². The molecule has 3 aromatic rings. The molecule has 0 bridgehead atoms. The molecule has 8 heteroatoms. The highest BCUT2D eigenvalue weighted by atomic mass is 35.5. The highest BCUT2D eigenvalue weighted by Gasteiger charge is 2.50. The van der Waals surface area contributed by atoms with E-state index in [0.717, 1.165) is 16.0 Å². The lowest BCUT2D eigenvalue weighted by Gasteiger charge is -2.23. The predicted molar refractivity (Wildman–Crippen MR) is 102 cm³/mol. The van der Waals surface area contributed by atoms with E-state index >= 15 is 0 Å². The van der Waals surface area contributed by atoms with Crippen molar-refractivity contribution in [1.82, 2.24) is 20.4 Å². The van der Waals surface area contributed by atoms with Gasteiger partial charge in [0.2, 0.25) is 11.7 Å². The van der Waals surface area contributed by atoms with Gasteiger partial charge in [-0.3, -0.25) is 9.69 Å². The molecule has 0 unspecified atom stereocenters. The molecule has 4 rings (SSSR count). The maximum Gasteiger partial charge on any atom is 0.325 e. The Bertz CT molecular complexity index is 1080. The summed E-state index contributed by atoms with van der Waals surface area (Å²) in [6, 6.07) is 14.0. The molecule has 0 saturated carbocycles. The topological polar surface area (TPSA) is 88.3 Å². The van der Waals surface area contributed by atoms with Gasteiger partial charge in [-0.1, -0.05) is 59.2 Å². The Morgan fingerprint density at radius 2 is 1.86 bits per heavy atom. The van der Waals surface area contributed by atoms with E-state index in [2.05, 4.69) is 15.5 Å². The van der Waals surface area contributed by atoms with Crippen molar-refractivity contribution in [2.24, 2.45) is 0 Å². The Hall–Kier alpha value is -3.19. The van der Waals surface area contributed by atoms with Crippen LogP contribution in [-0.2, 0) is 16.9 Å². The number of nitrogens with one attached hydrogen (secondary N) is 1. The minimum atomic E-state index is -1.26. The van der Waals surface area contributed by atoms with Crippen molar-refractivity contribution in [3.63, 3.8) is 0 Å². The monoisotopic (exact) mass is 396 g/mol. The van der Waals surface area contributed by atoms with Gasteiger partial charge in [-0.2, -0.15) is 4.98 Å². The molecule has 1 fully saturated rings. The Morgan fingerprint density at radius 1 is 1.14 bits per heavy atom. The Balaban J connectivity index is 1.60. The fraction of sp³-hybridized carbons (Fsp3) is 0.200. The number of amides is 3. The summed E-state index contributed by atoms with van der Waals surface area (Å²) in [5.74, 6) is 0.153. The summed E-state index contributed by atoms with van der Waals surface area (Å²) in [5.41, 5.74) is 1.10. The molecule has 1 atom stereocenters. The third-order valence-electron chi connectivity index (χ3n) is 4.83. The third-order valence-corrected chi connectivity index (χ3v) is 5.16. The summed E-state index contributed by atoms with van der Waals surface area (Å²) in [5, 5.41) is 7.09. The zero-order valence-corrected chi connectivity index (χ0v) is 16.0. The number of nitrogens with zero attached hydrogens (tertiary/aromatic N) is 3. The van der Waals surface area contributed by atoms with Crippen molar-refractivity contribution in [1.29, 1.82) is 0 Å². The smallest absolute Gasteiger partial charge is 0.325 e. The standard InChI is InChI=1S/C20H17ClN4O3/c1-12-7-3-4-8-13(12)17-22-16(28-24-17)11-25-18(26)20(2,23-19(25)27)14-9-5-6-10-15(14)21/h3-10H,11H2,1-2H3,(H,23,27)/t20-/m0/s1. The largest absolute Gasteiger partial charge is 0.337 e. The van der Waals surface area contributed by atoms with Crippen molar-refractivity contribution in [2.45, 2.75) is 25.9 Å². The molecule has 0 radical (unpaired) electrons. The maximum absolute atomic E-state index is 13.0. The number of hydrogen-bond acceptors (Lipinski definition) is 5. The lowest BCUT2D eigenvalue weighted by atomic mass is 9.92. The second-order valence-electron chi connectivity index (χ2n) is 6.75. The second-order valence-corrected chi connectivity index (χ2v) is 7.16. The molecule has 0 spiro atoms. The first-order chi connectivity index (χ1) is 13.4. The van der Waals surface area contributed by atoms with E-state index < -0.39 is 17.5 Å². The molecule has 0 aliphatic carbocycles. The molecule has 2 aromatic carbocycles. The van der Waals surface area contributed by atoms with Gasteiger partial charge in [0, 0.05) is 16.1 Å². The van der Waals surface area contributed by atoms with Crippen LogP contribution >= 0.6 is 11.6 Å². The summed E-state index contributed by atoms with van der Waals surface area (Å²) in [7, 11) is 0. The van der Waals surface area contributed by atoms with Gasteiger partial charge in [0.05, 0.1) is 0 Å². The highest BCUT2D eigenvalue weighted by Crippen LogP contribution is 2.34. The van der Waals surface area contributed by atoms with E-state index in [1.165, 1.54) is 0 Å². The molecule has 1 aliphatic rings. The number of aryl methyl sites for hydroxylation is 1. The van der Waals surface area contributed by atoms with E-state index in [9.17, 15) is 9.59 Å². The summed E-state index contributed by atoms with van der Waals surface area (Å²) in [6.45, 7) is 3.45. The van der Waals surface area contributed by atoms with Gasteiger partial charge in [-0.15, -0.1) is 0 Å². The first kappa shape index (κ1) is 18.2. The van der Waals surface area contributed by atoms with Crippen LogP contribution in [0.4, 0.5) is 4.79 Å². The van der Waals surface area contributed by atoms with Crippen molar-refractivity contribution >= 4 is 23.5 Å². The van der Waals surface area contributed by atoms with Crippen LogP contribution in [0.25, 0.3) is 11.4 Å². The molecule has 3 amide bonds. The second kappa shape index (κ2) is 6.76. The Morgan fingerprint density at radius 3 is 2.61 bits per heavy atom. The molecular formula is C20H17ClN4O3.